The highest BCUT2D eigenvalue weighted by molar-refractivity contribution is 8.06. The minimum atomic E-state index is -3.14. The van der Waals surface area contributed by atoms with Crippen LogP contribution in [0.2, 0.25) is 0 Å². The van der Waals surface area contributed by atoms with Crippen molar-refractivity contribution in [2.45, 2.75) is 31.4 Å². The Bertz CT molecular complexity index is 329. The van der Waals surface area contributed by atoms with E-state index >= 15 is 0 Å². The van der Waals surface area contributed by atoms with Crippen LogP contribution in [0.4, 0.5) is 0 Å². The van der Waals surface area contributed by atoms with Gasteiger partial charge in [0.05, 0.1) is 0 Å². The third-order valence-electron chi connectivity index (χ3n) is 2.92. The molecule has 1 aliphatic carbocycles. The molecular formula is C8H13NO3S. The Labute approximate surface area is 77.9 Å². The summed E-state index contributed by atoms with van der Waals surface area (Å²) in [7, 11) is -3.14. The van der Waals surface area contributed by atoms with Gasteiger partial charge >= 0.3 is 0 Å². The van der Waals surface area contributed by atoms with E-state index in [-0.39, 0.29) is 16.9 Å². The predicted molar refractivity (Wildman–Crippen MR) is 49.1 cm³/mol. The van der Waals surface area contributed by atoms with Crippen molar-refractivity contribution in [3.8, 4) is 0 Å². The molecule has 0 aromatic rings. The fourth-order valence-electron chi connectivity index (χ4n) is 1.76. The fourth-order valence-corrected chi connectivity index (χ4v) is 3.38. The zero-order valence-electron chi connectivity index (χ0n) is 7.56. The molecule has 2 rings (SSSR count). The average Bonchev–Trinajstić information content (AvgIpc) is 1.96. The molecule has 1 aliphatic heterocycles. The molecule has 0 amide bonds. The second-order valence-corrected chi connectivity index (χ2v) is 5.97. The Morgan fingerprint density at radius 1 is 1.46 bits per heavy atom. The molecule has 0 aromatic heterocycles. The molecule has 2 aliphatic rings. The van der Waals surface area contributed by atoms with Crippen molar-refractivity contribution in [3.05, 3.63) is 0 Å². The van der Waals surface area contributed by atoms with Gasteiger partial charge in [0.1, 0.15) is 11.9 Å². The van der Waals surface area contributed by atoms with Crippen LogP contribution in [0, 0.1) is 5.92 Å². The van der Waals surface area contributed by atoms with Gasteiger partial charge in [-0.15, -0.1) is 0 Å². The minimum absolute atomic E-state index is 0.135. The van der Waals surface area contributed by atoms with Crippen LogP contribution >= 0.6 is 0 Å². The van der Waals surface area contributed by atoms with Crippen LogP contribution in [0.1, 0.15) is 26.2 Å². The summed E-state index contributed by atoms with van der Waals surface area (Å²) >= 11 is 0. The lowest BCUT2D eigenvalue weighted by Crippen LogP contribution is -2.42. The third-order valence-corrected chi connectivity index (χ3v) is 5.13. The average molecular weight is 203 g/mol. The summed E-state index contributed by atoms with van der Waals surface area (Å²) in [5.41, 5.74) is 0. The van der Waals surface area contributed by atoms with Gasteiger partial charge in [-0.05, 0) is 25.7 Å². The van der Waals surface area contributed by atoms with Gasteiger partial charge in [0.15, 0.2) is 5.04 Å². The lowest BCUT2D eigenvalue weighted by Gasteiger charge is -2.33. The summed E-state index contributed by atoms with van der Waals surface area (Å²) in [6.45, 7) is 1.74. The van der Waals surface area contributed by atoms with Crippen LogP contribution < -0.4 is 0 Å². The van der Waals surface area contributed by atoms with Crippen molar-refractivity contribution in [2.24, 2.45) is 11.1 Å². The van der Waals surface area contributed by atoms with E-state index in [0.717, 1.165) is 19.3 Å². The standard InChI is InChI=1S/C8H13NO3S/c1-6-9-12-5-8(13(6,10)11)7-3-2-4-7/h7-8H,2-5H2,1H3. The summed E-state index contributed by atoms with van der Waals surface area (Å²) in [6.07, 6.45) is 3.17. The molecule has 0 saturated heterocycles. The number of hydrogen-bond acceptors (Lipinski definition) is 4. The van der Waals surface area contributed by atoms with E-state index in [1.165, 1.54) is 6.92 Å². The lowest BCUT2D eigenvalue weighted by atomic mass is 9.83. The maximum Gasteiger partial charge on any atom is 0.201 e. The summed E-state index contributed by atoms with van der Waals surface area (Å²) in [5, 5.41) is 3.30. The molecule has 0 spiro atoms. The van der Waals surface area contributed by atoms with Crippen molar-refractivity contribution < 1.29 is 13.3 Å². The van der Waals surface area contributed by atoms with Gasteiger partial charge in [-0.3, -0.25) is 0 Å². The Hall–Kier alpha value is -0.580. The number of rotatable bonds is 1. The molecule has 1 heterocycles. The van der Waals surface area contributed by atoms with Gasteiger partial charge in [-0.2, -0.15) is 0 Å². The van der Waals surface area contributed by atoms with Gasteiger partial charge in [0.25, 0.3) is 0 Å². The van der Waals surface area contributed by atoms with Crippen LogP contribution in [-0.2, 0) is 14.7 Å². The van der Waals surface area contributed by atoms with E-state index in [2.05, 4.69) is 5.16 Å². The Balaban J connectivity index is 2.25. The third kappa shape index (κ3) is 1.35. The molecular weight excluding hydrogens is 190 g/mol. The van der Waals surface area contributed by atoms with Gasteiger partial charge in [-0.25, -0.2) is 8.42 Å². The molecule has 4 nitrogen and oxygen atoms in total. The maximum absolute atomic E-state index is 11.7. The number of nitrogens with zero attached hydrogens (tertiary/aromatic N) is 1. The Morgan fingerprint density at radius 2 is 2.15 bits per heavy atom. The highest BCUT2D eigenvalue weighted by Gasteiger charge is 2.41. The second-order valence-electron chi connectivity index (χ2n) is 3.68. The van der Waals surface area contributed by atoms with Crippen molar-refractivity contribution in [2.75, 3.05) is 6.61 Å². The normalized spacial score (nSPS) is 33.0. The highest BCUT2D eigenvalue weighted by Crippen LogP contribution is 2.34. The molecule has 74 valence electrons. The lowest BCUT2D eigenvalue weighted by molar-refractivity contribution is 0.112. The van der Waals surface area contributed by atoms with Gasteiger partial charge < -0.3 is 4.84 Å². The molecule has 5 heteroatoms. The molecule has 13 heavy (non-hydrogen) atoms. The molecule has 0 aromatic carbocycles. The van der Waals surface area contributed by atoms with Crippen molar-refractivity contribution in [3.63, 3.8) is 0 Å². The fraction of sp³-hybridized carbons (Fsp3) is 0.875. The summed E-state index contributed by atoms with van der Waals surface area (Å²) < 4.78 is 23.5. The monoisotopic (exact) mass is 203 g/mol. The van der Waals surface area contributed by atoms with E-state index in [1.54, 1.807) is 0 Å². The van der Waals surface area contributed by atoms with E-state index in [0.29, 0.717) is 5.92 Å². The van der Waals surface area contributed by atoms with Crippen molar-refractivity contribution in [1.82, 2.24) is 0 Å². The zero-order valence-corrected chi connectivity index (χ0v) is 8.38. The number of oxime groups is 1. The van der Waals surface area contributed by atoms with E-state index in [9.17, 15) is 8.42 Å². The minimum Gasteiger partial charge on any atom is -0.394 e. The Morgan fingerprint density at radius 3 is 2.69 bits per heavy atom. The van der Waals surface area contributed by atoms with Crippen LogP contribution in [0.3, 0.4) is 0 Å². The van der Waals surface area contributed by atoms with Gasteiger partial charge in [-0.1, -0.05) is 11.6 Å². The van der Waals surface area contributed by atoms with Gasteiger partial charge in [0, 0.05) is 0 Å². The first kappa shape index (κ1) is 8.99. The molecule has 0 bridgehead atoms. The van der Waals surface area contributed by atoms with E-state index in [4.69, 9.17) is 4.84 Å². The van der Waals surface area contributed by atoms with E-state index in [1.807, 2.05) is 0 Å². The molecule has 1 unspecified atom stereocenters. The second kappa shape index (κ2) is 2.97. The SMILES string of the molecule is CC1=NOCC(C2CCC2)S1(=O)=O. The predicted octanol–water partition coefficient (Wildman–Crippen LogP) is 0.933. The van der Waals surface area contributed by atoms with Crippen LogP contribution in [-0.4, -0.2) is 25.3 Å². The number of sulfone groups is 1. The summed E-state index contributed by atoms with van der Waals surface area (Å²) in [4.78, 5) is 4.90. The maximum atomic E-state index is 11.7. The highest BCUT2D eigenvalue weighted by atomic mass is 32.2. The van der Waals surface area contributed by atoms with Gasteiger partial charge in [0.2, 0.25) is 9.84 Å². The molecule has 1 fully saturated rings. The number of hydrogen-bond donors (Lipinski definition) is 0. The van der Waals surface area contributed by atoms with E-state index < -0.39 is 9.84 Å². The first-order chi connectivity index (χ1) is 6.12. The molecule has 1 saturated carbocycles. The van der Waals surface area contributed by atoms with Crippen LogP contribution in [0.5, 0.6) is 0 Å². The molecule has 1 atom stereocenters. The molecule has 0 radical (unpaired) electrons. The smallest absolute Gasteiger partial charge is 0.201 e. The first-order valence-electron chi connectivity index (χ1n) is 4.53. The first-order valence-corrected chi connectivity index (χ1v) is 6.07. The van der Waals surface area contributed by atoms with Crippen LogP contribution in [0.15, 0.2) is 5.16 Å². The van der Waals surface area contributed by atoms with Crippen molar-refractivity contribution >= 4 is 14.9 Å². The topological polar surface area (TPSA) is 55.7 Å². The molecule has 0 N–H and O–H groups in total. The van der Waals surface area contributed by atoms with Crippen molar-refractivity contribution in [1.29, 1.82) is 0 Å². The summed E-state index contributed by atoms with van der Waals surface area (Å²) in [5.74, 6) is 0.301. The van der Waals surface area contributed by atoms with Crippen LogP contribution in [0.25, 0.3) is 0 Å². The quantitative estimate of drug-likeness (QED) is 0.637. The largest absolute Gasteiger partial charge is 0.394 e. The zero-order chi connectivity index (χ0) is 9.47. The summed E-state index contributed by atoms with van der Waals surface area (Å²) in [6, 6.07) is 0. The Kier molecular flexibility index (Phi) is 2.06.